The van der Waals surface area contributed by atoms with E-state index in [0.29, 0.717) is 17.0 Å². The molecule has 1 saturated heterocycles. The van der Waals surface area contributed by atoms with Crippen molar-refractivity contribution in [3.05, 3.63) is 17.2 Å². The molecule has 3 amide bonds. The van der Waals surface area contributed by atoms with Crippen molar-refractivity contribution < 1.29 is 14.4 Å². The van der Waals surface area contributed by atoms with Gasteiger partial charge < -0.3 is 0 Å². The summed E-state index contributed by atoms with van der Waals surface area (Å²) in [5.41, 5.74) is 0. The molecule has 8 heteroatoms. The standard InChI is InChI=1S/C16H16N4O3S/c1-6-18-19-16(24-6)17-11(21)5-20-14(22)12-7-2-3-8(10-4-9(7)10)13(12)15(20)23/h2-3,7-10,12-13H,4-5H2,1H3,(H,17,19,21)/t7-,8-,9-,10-,12+,13+/m1/s1. The Hall–Kier alpha value is -2.09. The summed E-state index contributed by atoms with van der Waals surface area (Å²) >= 11 is 1.26. The monoisotopic (exact) mass is 344 g/mol. The molecule has 1 aromatic rings. The number of aromatic nitrogens is 2. The zero-order valence-corrected chi connectivity index (χ0v) is 13.8. The fraction of sp³-hybridized carbons (Fsp3) is 0.562. The molecule has 2 bridgehead atoms. The Morgan fingerprint density at radius 3 is 2.38 bits per heavy atom. The van der Waals surface area contributed by atoms with Crippen molar-refractivity contribution in [1.29, 1.82) is 0 Å². The second kappa shape index (κ2) is 4.72. The van der Waals surface area contributed by atoms with Crippen molar-refractivity contribution >= 4 is 34.2 Å². The van der Waals surface area contributed by atoms with Gasteiger partial charge in [0.05, 0.1) is 11.8 Å². The zero-order chi connectivity index (χ0) is 16.6. The summed E-state index contributed by atoms with van der Waals surface area (Å²) in [6.45, 7) is 1.55. The number of imide groups is 1. The van der Waals surface area contributed by atoms with E-state index in [1.807, 2.05) is 0 Å². The summed E-state index contributed by atoms with van der Waals surface area (Å²) < 4.78 is 0. The highest BCUT2D eigenvalue weighted by Crippen LogP contribution is 2.65. The Morgan fingerprint density at radius 1 is 1.21 bits per heavy atom. The molecule has 3 fully saturated rings. The highest BCUT2D eigenvalue weighted by atomic mass is 32.1. The van der Waals surface area contributed by atoms with Gasteiger partial charge in [0.1, 0.15) is 11.6 Å². The maximum atomic E-state index is 12.8. The van der Waals surface area contributed by atoms with Crippen LogP contribution in [0.1, 0.15) is 11.4 Å². The molecule has 0 aromatic carbocycles. The molecule has 0 radical (unpaired) electrons. The summed E-state index contributed by atoms with van der Waals surface area (Å²) in [6, 6.07) is 0. The molecule has 6 atom stereocenters. The Labute approximate surface area is 142 Å². The van der Waals surface area contributed by atoms with Crippen LogP contribution in [0.5, 0.6) is 0 Å². The van der Waals surface area contributed by atoms with E-state index in [2.05, 4.69) is 27.7 Å². The lowest BCUT2D eigenvalue weighted by Gasteiger charge is -2.37. The number of likely N-dealkylation sites (tertiary alicyclic amines) is 1. The van der Waals surface area contributed by atoms with Crippen molar-refractivity contribution in [2.24, 2.45) is 35.5 Å². The number of hydrogen-bond donors (Lipinski definition) is 1. The summed E-state index contributed by atoms with van der Waals surface area (Å²) in [4.78, 5) is 38.9. The SMILES string of the molecule is Cc1nnc(NC(=O)CN2C(=O)[C@H]3[C@@H]4C=C[C@H]([C@H]5C[C@H]45)[C@@H]3C2=O)s1. The van der Waals surface area contributed by atoms with E-state index in [1.165, 1.54) is 11.3 Å². The molecule has 0 unspecified atom stereocenters. The lowest BCUT2D eigenvalue weighted by molar-refractivity contribution is -0.142. The maximum absolute atomic E-state index is 12.8. The molecule has 24 heavy (non-hydrogen) atoms. The van der Waals surface area contributed by atoms with Crippen LogP contribution in [-0.4, -0.2) is 39.4 Å². The molecule has 0 spiro atoms. The van der Waals surface area contributed by atoms with Crippen LogP contribution in [0, 0.1) is 42.4 Å². The number of anilines is 1. The van der Waals surface area contributed by atoms with E-state index in [0.717, 1.165) is 16.3 Å². The largest absolute Gasteiger partial charge is 0.299 e. The minimum absolute atomic E-state index is 0.181. The number of carbonyl (C=O) groups excluding carboxylic acids is 3. The van der Waals surface area contributed by atoms with Crippen LogP contribution >= 0.6 is 11.3 Å². The molecule has 1 aliphatic heterocycles. The van der Waals surface area contributed by atoms with Crippen LogP contribution in [0.3, 0.4) is 0 Å². The molecule has 6 rings (SSSR count). The van der Waals surface area contributed by atoms with Crippen molar-refractivity contribution in [2.45, 2.75) is 13.3 Å². The Morgan fingerprint density at radius 2 is 1.83 bits per heavy atom. The highest BCUT2D eigenvalue weighted by Gasteiger charge is 2.67. The smallest absolute Gasteiger partial charge is 0.246 e. The van der Waals surface area contributed by atoms with Gasteiger partial charge in [-0.25, -0.2) is 0 Å². The van der Waals surface area contributed by atoms with Gasteiger partial charge in [-0.1, -0.05) is 23.5 Å². The number of hydrogen-bond acceptors (Lipinski definition) is 6. The summed E-state index contributed by atoms with van der Waals surface area (Å²) in [6.07, 6.45) is 5.38. The number of allylic oxidation sites excluding steroid dienone is 2. The molecule has 7 nitrogen and oxygen atoms in total. The van der Waals surface area contributed by atoms with Crippen molar-refractivity contribution in [3.63, 3.8) is 0 Å². The van der Waals surface area contributed by atoms with Crippen molar-refractivity contribution in [2.75, 3.05) is 11.9 Å². The van der Waals surface area contributed by atoms with Crippen molar-refractivity contribution in [3.8, 4) is 0 Å². The van der Waals surface area contributed by atoms with Crippen LogP contribution < -0.4 is 5.32 Å². The van der Waals surface area contributed by atoms with Gasteiger partial charge in [0, 0.05) is 0 Å². The van der Waals surface area contributed by atoms with Crippen LogP contribution in [0.2, 0.25) is 0 Å². The third-order valence-corrected chi connectivity index (χ3v) is 6.58. The first kappa shape index (κ1) is 14.3. The van der Waals surface area contributed by atoms with E-state index in [1.54, 1.807) is 6.92 Å². The second-order valence-electron chi connectivity index (χ2n) is 7.09. The van der Waals surface area contributed by atoms with Crippen LogP contribution in [0.25, 0.3) is 0 Å². The predicted molar refractivity (Wildman–Crippen MR) is 84.7 cm³/mol. The lowest BCUT2D eigenvalue weighted by Crippen LogP contribution is -2.40. The average Bonchev–Trinajstić information content (AvgIpc) is 3.24. The Bertz CT molecular complexity index is 767. The Kier molecular flexibility index (Phi) is 2.81. The summed E-state index contributed by atoms with van der Waals surface area (Å²) in [5.74, 6) is 0.210. The first-order valence-electron chi connectivity index (χ1n) is 8.18. The first-order valence-corrected chi connectivity index (χ1v) is 9.00. The molecule has 2 heterocycles. The molecule has 4 aliphatic carbocycles. The molecule has 1 N–H and O–H groups in total. The molecule has 2 saturated carbocycles. The highest BCUT2D eigenvalue weighted by molar-refractivity contribution is 7.15. The van der Waals surface area contributed by atoms with Gasteiger partial charge in [0.2, 0.25) is 22.9 Å². The first-order chi connectivity index (χ1) is 11.5. The van der Waals surface area contributed by atoms with E-state index < -0.39 is 5.91 Å². The van der Waals surface area contributed by atoms with E-state index in [-0.39, 0.29) is 42.0 Å². The van der Waals surface area contributed by atoms with Crippen LogP contribution in [-0.2, 0) is 14.4 Å². The minimum Gasteiger partial charge on any atom is -0.299 e. The molecule has 1 aromatic heterocycles. The fourth-order valence-electron chi connectivity index (χ4n) is 4.82. The molecule has 124 valence electrons. The second-order valence-corrected chi connectivity index (χ2v) is 8.27. The number of nitrogens with one attached hydrogen (secondary N) is 1. The van der Waals surface area contributed by atoms with Gasteiger partial charge in [-0.15, -0.1) is 10.2 Å². The van der Waals surface area contributed by atoms with E-state index in [4.69, 9.17) is 0 Å². The van der Waals surface area contributed by atoms with E-state index >= 15 is 0 Å². The normalized spacial score (nSPS) is 38.3. The summed E-state index contributed by atoms with van der Waals surface area (Å²) in [5, 5.41) is 11.4. The van der Waals surface area contributed by atoms with E-state index in [9.17, 15) is 14.4 Å². The number of nitrogens with zero attached hydrogens (tertiary/aromatic N) is 3. The van der Waals surface area contributed by atoms with Crippen LogP contribution in [0.4, 0.5) is 5.13 Å². The van der Waals surface area contributed by atoms with Gasteiger partial charge in [-0.05, 0) is 37.0 Å². The minimum atomic E-state index is -0.406. The average molecular weight is 344 g/mol. The Balaban J connectivity index is 1.34. The zero-order valence-electron chi connectivity index (χ0n) is 13.0. The molecular formula is C16H16N4O3S. The number of carbonyl (C=O) groups is 3. The van der Waals surface area contributed by atoms with Crippen LogP contribution in [0.15, 0.2) is 12.2 Å². The van der Waals surface area contributed by atoms with Gasteiger partial charge in [-0.2, -0.15) is 0 Å². The van der Waals surface area contributed by atoms with Gasteiger partial charge in [0.25, 0.3) is 0 Å². The third kappa shape index (κ3) is 1.86. The molecular weight excluding hydrogens is 328 g/mol. The van der Waals surface area contributed by atoms with Gasteiger partial charge in [-0.3, -0.25) is 24.6 Å². The van der Waals surface area contributed by atoms with Gasteiger partial charge in [0.15, 0.2) is 0 Å². The number of amides is 3. The third-order valence-electron chi connectivity index (χ3n) is 5.83. The quantitative estimate of drug-likeness (QED) is 0.648. The summed E-state index contributed by atoms with van der Waals surface area (Å²) in [7, 11) is 0. The number of aryl methyl sites for hydroxylation is 1. The maximum Gasteiger partial charge on any atom is 0.246 e. The van der Waals surface area contributed by atoms with Crippen molar-refractivity contribution in [1.82, 2.24) is 15.1 Å². The topological polar surface area (TPSA) is 92.3 Å². The lowest BCUT2D eigenvalue weighted by atomic mass is 9.63. The van der Waals surface area contributed by atoms with Gasteiger partial charge >= 0.3 is 0 Å². The fourth-order valence-corrected chi connectivity index (χ4v) is 5.43. The molecule has 5 aliphatic rings. The number of rotatable bonds is 3. The predicted octanol–water partition coefficient (Wildman–Crippen LogP) is 0.838.